The van der Waals surface area contributed by atoms with Crippen molar-refractivity contribution in [2.45, 2.75) is 39.2 Å². The van der Waals surface area contributed by atoms with Crippen LogP contribution in [0.15, 0.2) is 35.4 Å². The molecule has 0 spiro atoms. The molecule has 0 saturated carbocycles. The summed E-state index contributed by atoms with van der Waals surface area (Å²) in [5.74, 6) is -0.108. The Kier molecular flexibility index (Phi) is 5.76. The van der Waals surface area contributed by atoms with E-state index in [-0.39, 0.29) is 23.6 Å². The summed E-state index contributed by atoms with van der Waals surface area (Å²) in [6, 6.07) is 7.86. The maximum absolute atomic E-state index is 12.8. The Bertz CT molecular complexity index is 988. The molecule has 4 rings (SSSR count). The SMILES string of the molecule is CCCN1C(=O)S/C(=C\c2cn(CC(=O)N3CCCCC3)c3ccccc23)C1=O. The first-order chi connectivity index (χ1) is 14.1. The molecule has 2 saturated heterocycles. The lowest BCUT2D eigenvalue weighted by atomic mass is 10.1. The van der Waals surface area contributed by atoms with Crippen molar-refractivity contribution >= 4 is 45.8 Å². The van der Waals surface area contributed by atoms with Crippen molar-refractivity contribution in [3.05, 3.63) is 40.9 Å². The molecule has 0 unspecified atom stereocenters. The lowest BCUT2D eigenvalue weighted by Gasteiger charge is -2.27. The van der Waals surface area contributed by atoms with Crippen molar-refractivity contribution in [1.29, 1.82) is 0 Å². The summed E-state index contributed by atoms with van der Waals surface area (Å²) in [6.07, 6.45) is 7.76. The van der Waals surface area contributed by atoms with Crippen LogP contribution in [0.2, 0.25) is 0 Å². The van der Waals surface area contributed by atoms with Gasteiger partial charge in [0.1, 0.15) is 6.54 Å². The summed E-state index contributed by atoms with van der Waals surface area (Å²) in [6.45, 7) is 4.32. The average Bonchev–Trinajstić information content (AvgIpc) is 3.21. The number of benzene rings is 1. The molecule has 1 aromatic heterocycles. The number of aromatic nitrogens is 1. The van der Waals surface area contributed by atoms with Crippen LogP contribution in [0.25, 0.3) is 17.0 Å². The topological polar surface area (TPSA) is 62.6 Å². The molecular formula is C22H25N3O3S. The lowest BCUT2D eigenvalue weighted by molar-refractivity contribution is -0.132. The number of thioether (sulfide) groups is 1. The number of likely N-dealkylation sites (tertiary alicyclic amines) is 1. The monoisotopic (exact) mass is 411 g/mol. The highest BCUT2D eigenvalue weighted by Crippen LogP contribution is 2.34. The molecule has 152 valence electrons. The van der Waals surface area contributed by atoms with Gasteiger partial charge in [0.25, 0.3) is 11.1 Å². The van der Waals surface area contributed by atoms with Crippen LogP contribution in [0.5, 0.6) is 0 Å². The van der Waals surface area contributed by atoms with Crippen LogP contribution in [0.4, 0.5) is 4.79 Å². The number of para-hydroxylation sites is 1. The van der Waals surface area contributed by atoms with Crippen LogP contribution in [0.3, 0.4) is 0 Å². The van der Waals surface area contributed by atoms with Gasteiger partial charge in [-0.05, 0) is 49.6 Å². The molecule has 0 aliphatic carbocycles. The molecule has 2 aliphatic heterocycles. The zero-order valence-electron chi connectivity index (χ0n) is 16.6. The number of piperidine rings is 1. The normalized spacial score (nSPS) is 19.0. The quantitative estimate of drug-likeness (QED) is 0.695. The molecule has 3 heterocycles. The summed E-state index contributed by atoms with van der Waals surface area (Å²) in [7, 11) is 0. The second kappa shape index (κ2) is 8.45. The number of hydrogen-bond acceptors (Lipinski definition) is 4. The van der Waals surface area contributed by atoms with Crippen molar-refractivity contribution in [1.82, 2.24) is 14.4 Å². The van der Waals surface area contributed by atoms with Gasteiger partial charge in [-0.1, -0.05) is 25.1 Å². The van der Waals surface area contributed by atoms with Crippen LogP contribution < -0.4 is 0 Å². The van der Waals surface area contributed by atoms with Gasteiger partial charge in [-0.15, -0.1) is 0 Å². The maximum Gasteiger partial charge on any atom is 0.293 e. The third kappa shape index (κ3) is 3.96. The Morgan fingerprint density at radius 1 is 1.14 bits per heavy atom. The summed E-state index contributed by atoms with van der Waals surface area (Å²) in [4.78, 5) is 41.2. The first-order valence-electron chi connectivity index (χ1n) is 10.2. The summed E-state index contributed by atoms with van der Waals surface area (Å²) >= 11 is 0.985. The number of amides is 3. The van der Waals surface area contributed by atoms with E-state index < -0.39 is 0 Å². The number of imide groups is 1. The molecule has 6 nitrogen and oxygen atoms in total. The van der Waals surface area contributed by atoms with Crippen LogP contribution in [0, 0.1) is 0 Å². The molecule has 0 radical (unpaired) electrons. The molecule has 7 heteroatoms. The highest BCUT2D eigenvalue weighted by atomic mass is 32.2. The van der Waals surface area contributed by atoms with Crippen molar-refractivity contribution in [3.63, 3.8) is 0 Å². The largest absolute Gasteiger partial charge is 0.341 e. The van der Waals surface area contributed by atoms with Crippen LogP contribution in [0.1, 0.15) is 38.2 Å². The standard InChI is InChI=1S/C22H25N3O3S/c1-2-10-25-21(27)19(29-22(25)28)13-16-14-24(18-9-5-4-8-17(16)18)15-20(26)23-11-6-3-7-12-23/h4-5,8-9,13-14H,2-3,6-7,10-12,15H2,1H3/b19-13-. The van der Waals surface area contributed by atoms with Gasteiger partial charge < -0.3 is 9.47 Å². The number of carbonyl (C=O) groups excluding carboxylic acids is 3. The zero-order chi connectivity index (χ0) is 20.4. The number of hydrogen-bond donors (Lipinski definition) is 0. The van der Waals surface area contributed by atoms with Crippen LogP contribution in [-0.2, 0) is 16.1 Å². The van der Waals surface area contributed by atoms with Gasteiger partial charge in [-0.3, -0.25) is 19.3 Å². The minimum absolute atomic E-state index is 0.125. The predicted molar refractivity (Wildman–Crippen MR) is 115 cm³/mol. The molecule has 2 aliphatic rings. The zero-order valence-corrected chi connectivity index (χ0v) is 17.4. The second-order valence-corrected chi connectivity index (χ2v) is 8.50. The van der Waals surface area contributed by atoms with Crippen LogP contribution >= 0.6 is 11.8 Å². The summed E-state index contributed by atoms with van der Waals surface area (Å²) in [5.41, 5.74) is 1.81. The Labute approximate surface area is 174 Å². The van der Waals surface area contributed by atoms with Crippen molar-refractivity contribution in [2.75, 3.05) is 19.6 Å². The molecule has 0 bridgehead atoms. The molecule has 29 heavy (non-hydrogen) atoms. The van der Waals surface area contributed by atoms with Gasteiger partial charge in [-0.2, -0.15) is 0 Å². The highest BCUT2D eigenvalue weighted by molar-refractivity contribution is 8.18. The molecule has 1 aromatic carbocycles. The third-order valence-corrected chi connectivity index (χ3v) is 6.35. The van der Waals surface area contributed by atoms with Gasteiger partial charge in [0, 0.05) is 42.3 Å². The third-order valence-electron chi connectivity index (χ3n) is 5.44. The van der Waals surface area contributed by atoms with E-state index in [2.05, 4.69) is 0 Å². The second-order valence-electron chi connectivity index (χ2n) is 7.50. The van der Waals surface area contributed by atoms with E-state index in [1.165, 1.54) is 11.3 Å². The number of rotatable bonds is 5. The Morgan fingerprint density at radius 3 is 2.66 bits per heavy atom. The summed E-state index contributed by atoms with van der Waals surface area (Å²) < 4.78 is 1.95. The first-order valence-corrected chi connectivity index (χ1v) is 11.0. The van der Waals surface area contributed by atoms with E-state index in [4.69, 9.17) is 0 Å². The minimum atomic E-state index is -0.233. The fourth-order valence-electron chi connectivity index (χ4n) is 3.97. The Morgan fingerprint density at radius 2 is 1.90 bits per heavy atom. The lowest BCUT2D eigenvalue weighted by Crippen LogP contribution is -2.37. The van der Waals surface area contributed by atoms with E-state index in [0.29, 0.717) is 11.4 Å². The molecule has 2 fully saturated rings. The molecule has 3 amide bonds. The predicted octanol–water partition coefficient (Wildman–Crippen LogP) is 4.10. The maximum atomic E-state index is 12.8. The Hall–Kier alpha value is -2.54. The summed E-state index contributed by atoms with van der Waals surface area (Å²) in [5, 5.41) is 0.758. The van der Waals surface area contributed by atoms with Gasteiger partial charge in [0.15, 0.2) is 0 Å². The van der Waals surface area contributed by atoms with Gasteiger partial charge in [0.05, 0.1) is 4.91 Å². The molecule has 0 N–H and O–H groups in total. The average molecular weight is 412 g/mol. The number of nitrogens with zero attached hydrogens (tertiary/aromatic N) is 3. The van der Waals surface area contributed by atoms with E-state index in [0.717, 1.165) is 60.6 Å². The van der Waals surface area contributed by atoms with Crippen LogP contribution in [-0.4, -0.2) is 51.1 Å². The van der Waals surface area contributed by atoms with E-state index >= 15 is 0 Å². The molecular weight excluding hydrogens is 386 g/mol. The number of fused-ring (bicyclic) bond motifs is 1. The van der Waals surface area contributed by atoms with E-state index in [1.807, 2.05) is 46.9 Å². The van der Waals surface area contributed by atoms with Gasteiger partial charge in [-0.25, -0.2) is 0 Å². The fraction of sp³-hybridized carbons (Fsp3) is 0.409. The van der Waals surface area contributed by atoms with E-state index in [9.17, 15) is 14.4 Å². The van der Waals surface area contributed by atoms with Crippen molar-refractivity contribution in [2.24, 2.45) is 0 Å². The highest BCUT2D eigenvalue weighted by Gasteiger charge is 2.34. The van der Waals surface area contributed by atoms with E-state index in [1.54, 1.807) is 6.08 Å². The van der Waals surface area contributed by atoms with Crippen molar-refractivity contribution in [3.8, 4) is 0 Å². The fourth-order valence-corrected chi connectivity index (χ4v) is 4.82. The minimum Gasteiger partial charge on any atom is -0.341 e. The molecule has 0 atom stereocenters. The number of carbonyl (C=O) groups is 3. The smallest absolute Gasteiger partial charge is 0.293 e. The van der Waals surface area contributed by atoms with Gasteiger partial charge in [0.2, 0.25) is 5.91 Å². The molecule has 2 aromatic rings. The Balaban J connectivity index is 1.63. The first kappa shape index (κ1) is 19.8. The van der Waals surface area contributed by atoms with Gasteiger partial charge >= 0.3 is 0 Å². The van der Waals surface area contributed by atoms with Crippen molar-refractivity contribution < 1.29 is 14.4 Å².